The molecule has 6 atom stereocenters. The van der Waals surface area contributed by atoms with Crippen molar-refractivity contribution in [1.29, 1.82) is 0 Å². The molecule has 4 heterocycles. The Hall–Kier alpha value is -2.00. The number of hydrogen-bond donors (Lipinski definition) is 5. The molecule has 6 rings (SSSR count). The van der Waals surface area contributed by atoms with Gasteiger partial charge < -0.3 is 0 Å². The number of rotatable bonds is 5. The van der Waals surface area contributed by atoms with Gasteiger partial charge in [0.2, 0.25) is 0 Å². The van der Waals surface area contributed by atoms with Crippen molar-refractivity contribution < 1.29 is 13.2 Å². The molecule has 13 heteroatoms. The number of fused-ring (bicyclic) bond motifs is 1. The van der Waals surface area contributed by atoms with Crippen molar-refractivity contribution in [2.75, 3.05) is 20.8 Å². The summed E-state index contributed by atoms with van der Waals surface area (Å²) in [5.41, 5.74) is 14.8. The molecule has 0 aromatic carbocycles. The highest BCUT2D eigenvalue weighted by molar-refractivity contribution is 5.55. The lowest BCUT2D eigenvalue weighted by Gasteiger charge is -2.48. The summed E-state index contributed by atoms with van der Waals surface area (Å²) in [6.45, 7) is 0.763. The van der Waals surface area contributed by atoms with Gasteiger partial charge in [-0.2, -0.15) is 24.2 Å². The zero-order chi connectivity index (χ0) is 25.9. The Labute approximate surface area is 213 Å². The van der Waals surface area contributed by atoms with Crippen LogP contribution in [0.25, 0.3) is 5.52 Å². The first-order valence-corrected chi connectivity index (χ1v) is 13.2. The second-order valence-corrected chi connectivity index (χ2v) is 11.3. The predicted octanol–water partition coefficient (Wildman–Crippen LogP) is 1.60. The van der Waals surface area contributed by atoms with Crippen molar-refractivity contribution in [3.63, 3.8) is 0 Å². The number of nitrogens with zero attached hydrogens (tertiary/aromatic N) is 4. The van der Waals surface area contributed by atoms with E-state index in [1.807, 2.05) is 12.1 Å². The molecule has 2 aliphatic carbocycles. The average Bonchev–Trinajstić information content (AvgIpc) is 3.54. The van der Waals surface area contributed by atoms with E-state index in [1.165, 1.54) is 37.7 Å². The summed E-state index contributed by atoms with van der Waals surface area (Å²) in [6, 6.07) is 2.14. The van der Waals surface area contributed by atoms with Gasteiger partial charge in [0.05, 0.1) is 30.1 Å². The van der Waals surface area contributed by atoms with Gasteiger partial charge in [-0.15, -0.1) is 0 Å². The van der Waals surface area contributed by atoms with Gasteiger partial charge in [0.15, 0.2) is 0 Å². The van der Waals surface area contributed by atoms with E-state index in [9.17, 15) is 18.0 Å². The lowest BCUT2D eigenvalue weighted by Crippen LogP contribution is -2.53. The maximum atomic E-state index is 13.8. The van der Waals surface area contributed by atoms with Gasteiger partial charge in [-0.1, -0.05) is 19.3 Å². The normalized spacial score (nSPS) is 33.3. The zero-order valence-electron chi connectivity index (χ0n) is 21.1. The van der Waals surface area contributed by atoms with Crippen LogP contribution in [0.4, 0.5) is 13.2 Å². The molecule has 2 aromatic rings. The molecule has 0 amide bonds. The number of nitrogens with one attached hydrogen (secondary N) is 5. The first-order valence-electron chi connectivity index (χ1n) is 13.2. The smallest absolute Gasteiger partial charge is 0.295 e. The molecular formula is C24H36F3N9O. The number of hydrogen-bond acceptors (Lipinski definition) is 8. The Morgan fingerprint density at radius 1 is 1.08 bits per heavy atom. The molecule has 5 unspecified atom stereocenters. The maximum absolute atomic E-state index is 13.8. The summed E-state index contributed by atoms with van der Waals surface area (Å²) in [7, 11) is 4.08. The molecule has 204 valence electrons. The van der Waals surface area contributed by atoms with Gasteiger partial charge in [-0.05, 0) is 62.1 Å². The molecule has 37 heavy (non-hydrogen) atoms. The fourth-order valence-electron chi connectivity index (χ4n) is 7.20. The van der Waals surface area contributed by atoms with Gasteiger partial charge in [0.1, 0.15) is 0 Å². The van der Waals surface area contributed by atoms with Crippen LogP contribution in [0.5, 0.6) is 0 Å². The minimum absolute atomic E-state index is 0.00166. The minimum Gasteiger partial charge on any atom is -0.295 e. The fraction of sp³-hybridized carbons (Fsp3) is 0.708. The van der Waals surface area contributed by atoms with Crippen LogP contribution in [-0.2, 0) is 6.18 Å². The Balaban J connectivity index is 1.39. The molecule has 0 radical (unpaired) electrons. The van der Waals surface area contributed by atoms with E-state index in [-0.39, 0.29) is 29.8 Å². The molecule has 10 nitrogen and oxygen atoms in total. The van der Waals surface area contributed by atoms with E-state index in [2.05, 4.69) is 39.3 Å². The highest BCUT2D eigenvalue weighted by atomic mass is 19.4. The van der Waals surface area contributed by atoms with Crippen LogP contribution in [0.1, 0.15) is 50.1 Å². The molecule has 0 bridgehead atoms. The number of aromatic nitrogens is 2. The Morgan fingerprint density at radius 2 is 1.89 bits per heavy atom. The van der Waals surface area contributed by atoms with Crippen LogP contribution in [0, 0.1) is 23.7 Å². The molecule has 0 spiro atoms. The second-order valence-electron chi connectivity index (χ2n) is 11.3. The SMILES string of the molecule is CN1CNNC1[C@H](C1CCC1)C1CC(C2NNNN2C)CC(n2cc3c(C(F)(F)F)cccn3c2=O)C1. The topological polar surface area (TPSA) is 93.0 Å². The number of pyridine rings is 1. The highest BCUT2D eigenvalue weighted by Gasteiger charge is 2.47. The zero-order valence-corrected chi connectivity index (χ0v) is 21.1. The minimum atomic E-state index is -4.53. The number of hydrazine groups is 4. The van der Waals surface area contributed by atoms with Gasteiger partial charge >= 0.3 is 11.9 Å². The van der Waals surface area contributed by atoms with E-state index in [0.717, 1.165) is 30.0 Å². The third-order valence-corrected chi connectivity index (χ3v) is 9.15. The summed E-state index contributed by atoms with van der Waals surface area (Å²) in [5.74, 6) is 1.47. The third-order valence-electron chi connectivity index (χ3n) is 9.15. The second kappa shape index (κ2) is 9.63. The van der Waals surface area contributed by atoms with Gasteiger partial charge in [0.25, 0.3) is 0 Å². The molecule has 2 aromatic heterocycles. The molecular weight excluding hydrogens is 487 g/mol. The van der Waals surface area contributed by atoms with Crippen molar-refractivity contribution in [3.8, 4) is 0 Å². The van der Waals surface area contributed by atoms with Crippen molar-refractivity contribution in [3.05, 3.63) is 40.6 Å². The van der Waals surface area contributed by atoms with Gasteiger partial charge in [-0.25, -0.2) is 26.1 Å². The lowest BCUT2D eigenvalue weighted by atomic mass is 9.63. The molecule has 4 fully saturated rings. The first kappa shape index (κ1) is 25.3. The Kier molecular flexibility index (Phi) is 6.58. The van der Waals surface area contributed by atoms with Crippen molar-refractivity contribution in [1.82, 2.24) is 46.2 Å². The Morgan fingerprint density at radius 3 is 2.51 bits per heavy atom. The Bertz CT molecular complexity index is 1180. The maximum Gasteiger partial charge on any atom is 0.418 e. The number of imidazole rings is 1. The number of alkyl halides is 3. The van der Waals surface area contributed by atoms with Crippen LogP contribution in [-0.4, -0.2) is 52.0 Å². The van der Waals surface area contributed by atoms with E-state index in [0.29, 0.717) is 24.2 Å². The van der Waals surface area contributed by atoms with Gasteiger partial charge in [0, 0.05) is 25.5 Å². The largest absolute Gasteiger partial charge is 0.418 e. The van der Waals surface area contributed by atoms with Crippen LogP contribution in [0.3, 0.4) is 0 Å². The molecule has 4 aliphatic rings. The quantitative estimate of drug-likeness (QED) is 0.404. The standard InChI is InChI=1S/C24H36F3N9O/c1-33-13-28-29-22(33)20(14-5-3-6-14)15-9-16(21-30-31-32-34(21)2)11-17(10-15)36-12-19-18(24(25,26)27)7-4-8-35(19)23(36)37/h4,7-8,12,14-17,20-22,28-32H,3,5-6,9-11,13H2,1-2H3/t15?,16?,17?,20-,21?,22?/m1/s1. The van der Waals surface area contributed by atoms with Crippen LogP contribution in [0.15, 0.2) is 29.3 Å². The van der Waals surface area contributed by atoms with Crippen molar-refractivity contribution in [2.24, 2.45) is 23.7 Å². The molecule has 5 N–H and O–H groups in total. The van der Waals surface area contributed by atoms with E-state index < -0.39 is 17.4 Å². The lowest BCUT2D eigenvalue weighted by molar-refractivity contribution is -0.136. The average molecular weight is 524 g/mol. The van der Waals surface area contributed by atoms with Crippen LogP contribution in [0.2, 0.25) is 0 Å². The van der Waals surface area contributed by atoms with Crippen LogP contribution < -0.4 is 33.0 Å². The van der Waals surface area contributed by atoms with Crippen molar-refractivity contribution >= 4 is 5.52 Å². The first-order chi connectivity index (χ1) is 17.7. The van der Waals surface area contributed by atoms with E-state index in [4.69, 9.17) is 0 Å². The van der Waals surface area contributed by atoms with Gasteiger partial charge in [-0.3, -0.25) is 13.9 Å². The van der Waals surface area contributed by atoms with Crippen LogP contribution >= 0.6 is 0 Å². The van der Waals surface area contributed by atoms with E-state index in [1.54, 1.807) is 4.57 Å². The predicted molar refractivity (Wildman–Crippen MR) is 131 cm³/mol. The van der Waals surface area contributed by atoms with E-state index >= 15 is 0 Å². The summed E-state index contributed by atoms with van der Waals surface area (Å²) in [5, 5.41) is 1.99. The summed E-state index contributed by atoms with van der Waals surface area (Å²) in [6.07, 6.45) is 4.57. The molecule has 2 saturated heterocycles. The third kappa shape index (κ3) is 4.50. The summed E-state index contributed by atoms with van der Waals surface area (Å²) in [4.78, 5) is 15.8. The monoisotopic (exact) mass is 523 g/mol. The summed E-state index contributed by atoms with van der Waals surface area (Å²) < 4.78 is 44.0. The number of halogens is 3. The summed E-state index contributed by atoms with van der Waals surface area (Å²) >= 11 is 0. The fourth-order valence-corrected chi connectivity index (χ4v) is 7.20. The van der Waals surface area contributed by atoms with Crippen molar-refractivity contribution in [2.45, 2.75) is 63.1 Å². The highest BCUT2D eigenvalue weighted by Crippen LogP contribution is 2.49. The molecule has 2 aliphatic heterocycles. The molecule has 2 saturated carbocycles.